The molecule has 0 bridgehead atoms. The number of hydrogen-bond acceptors (Lipinski definition) is 6. The van der Waals surface area contributed by atoms with Gasteiger partial charge in [0.2, 0.25) is 0 Å². The number of ether oxygens (including phenoxy) is 1. The van der Waals surface area contributed by atoms with Crippen LogP contribution in [0.15, 0.2) is 52.9 Å². The summed E-state index contributed by atoms with van der Waals surface area (Å²) in [5, 5.41) is 16.0. The Balaban J connectivity index is 1.71. The summed E-state index contributed by atoms with van der Waals surface area (Å²) in [6, 6.07) is 15.5. The fraction of sp³-hybridized carbons (Fsp3) is 0.438. The highest BCUT2D eigenvalue weighted by Gasteiger charge is 2.43. The molecule has 1 saturated heterocycles. The number of piperidine rings is 1. The van der Waals surface area contributed by atoms with Gasteiger partial charge in [-0.2, -0.15) is 0 Å². The first-order valence-electron chi connectivity index (χ1n) is 14.2. The van der Waals surface area contributed by atoms with Crippen LogP contribution in [0.5, 0.6) is 0 Å². The number of nitrogens with two attached hydrogens (primary N) is 1. The van der Waals surface area contributed by atoms with Crippen molar-refractivity contribution in [1.82, 2.24) is 10.2 Å². The van der Waals surface area contributed by atoms with E-state index in [1.807, 2.05) is 30.3 Å². The zero-order chi connectivity index (χ0) is 29.6. The summed E-state index contributed by atoms with van der Waals surface area (Å²) in [7, 11) is 1.32. The fourth-order valence-corrected chi connectivity index (χ4v) is 6.12. The lowest BCUT2D eigenvalue weighted by atomic mass is 9.72. The van der Waals surface area contributed by atoms with Crippen molar-refractivity contribution in [2.45, 2.75) is 58.1 Å². The number of amides is 2. The third-order valence-electron chi connectivity index (χ3n) is 8.13. The number of benzene rings is 2. The van der Waals surface area contributed by atoms with Crippen LogP contribution in [0.2, 0.25) is 5.02 Å². The van der Waals surface area contributed by atoms with Gasteiger partial charge in [-0.05, 0) is 67.9 Å². The SMILES string of the molecule is CCc1cccc(-c2c(Cl)cccc2[C@](O)(CCCNC(=O)OC)[C@@H]2CCCN(C(=O)c3cc(CN)c(C)o3)C2)c1. The Bertz CT molecular complexity index is 1370. The van der Waals surface area contributed by atoms with E-state index in [1.54, 1.807) is 17.9 Å². The Morgan fingerprint density at radius 3 is 2.73 bits per heavy atom. The molecule has 1 aliphatic heterocycles. The van der Waals surface area contributed by atoms with Crippen LogP contribution in [0.25, 0.3) is 11.1 Å². The highest BCUT2D eigenvalue weighted by molar-refractivity contribution is 6.33. The third kappa shape index (κ3) is 6.77. The maximum Gasteiger partial charge on any atom is 0.406 e. The van der Waals surface area contributed by atoms with Crippen molar-refractivity contribution >= 4 is 23.6 Å². The number of aryl methyl sites for hydroxylation is 2. The minimum absolute atomic E-state index is 0.214. The van der Waals surface area contributed by atoms with Gasteiger partial charge in [0.05, 0.1) is 12.7 Å². The number of nitrogens with zero attached hydrogens (tertiary/aromatic N) is 1. The Morgan fingerprint density at radius 2 is 2.02 bits per heavy atom. The van der Waals surface area contributed by atoms with E-state index in [2.05, 4.69) is 24.4 Å². The fourth-order valence-electron chi connectivity index (χ4n) is 5.84. The summed E-state index contributed by atoms with van der Waals surface area (Å²) in [6.45, 7) is 5.43. The molecule has 1 fully saturated rings. The van der Waals surface area contributed by atoms with Crippen molar-refractivity contribution in [2.24, 2.45) is 11.7 Å². The minimum Gasteiger partial charge on any atom is -0.456 e. The second kappa shape index (κ2) is 13.6. The van der Waals surface area contributed by atoms with Gasteiger partial charge in [-0.25, -0.2) is 4.79 Å². The van der Waals surface area contributed by atoms with Crippen LogP contribution >= 0.6 is 11.6 Å². The van der Waals surface area contributed by atoms with Gasteiger partial charge in [-0.3, -0.25) is 4.79 Å². The van der Waals surface area contributed by atoms with Crippen molar-refractivity contribution in [1.29, 1.82) is 0 Å². The van der Waals surface area contributed by atoms with E-state index < -0.39 is 11.7 Å². The molecular formula is C32H40ClN3O5. The van der Waals surface area contributed by atoms with Gasteiger partial charge in [0.1, 0.15) is 5.76 Å². The topological polar surface area (TPSA) is 118 Å². The number of alkyl carbamates (subject to hydrolysis) is 1. The monoisotopic (exact) mass is 581 g/mol. The van der Waals surface area contributed by atoms with Gasteiger partial charge in [0, 0.05) is 48.2 Å². The third-order valence-corrected chi connectivity index (χ3v) is 8.44. The lowest BCUT2D eigenvalue weighted by Gasteiger charge is -2.43. The molecule has 4 rings (SSSR count). The molecule has 2 aromatic carbocycles. The normalized spacial score (nSPS) is 16.7. The number of aliphatic hydroxyl groups is 1. The molecule has 8 nitrogen and oxygen atoms in total. The molecule has 0 spiro atoms. The number of furan rings is 1. The standard InChI is InChI=1S/C32H40ClN3O5/c1-4-22-9-5-10-23(17-22)29-26(12-6-13-27(29)33)32(39,14-8-15-35-31(38)40-3)25-11-7-16-36(20-25)30(37)28-18-24(19-34)21(2)41-28/h5-6,9-10,12-13,17-18,25,39H,4,7-8,11,14-16,19-20,34H2,1-3H3,(H,35,38)/t25-,32+/m1/s1. The van der Waals surface area contributed by atoms with E-state index in [1.165, 1.54) is 12.7 Å². The van der Waals surface area contributed by atoms with Gasteiger partial charge in [0.15, 0.2) is 5.76 Å². The zero-order valence-corrected chi connectivity index (χ0v) is 24.8. The van der Waals surface area contributed by atoms with Crippen molar-refractivity contribution in [3.05, 3.63) is 81.8 Å². The van der Waals surface area contributed by atoms with Crippen LogP contribution in [-0.2, 0) is 23.3 Å². The summed E-state index contributed by atoms with van der Waals surface area (Å²) < 4.78 is 10.5. The van der Waals surface area contributed by atoms with E-state index in [0.717, 1.165) is 41.5 Å². The second-order valence-electron chi connectivity index (χ2n) is 10.6. The predicted molar refractivity (Wildman–Crippen MR) is 160 cm³/mol. The lowest BCUT2D eigenvalue weighted by Crippen LogP contribution is -2.48. The summed E-state index contributed by atoms with van der Waals surface area (Å²) in [5.41, 5.74) is 8.87. The molecule has 220 valence electrons. The molecular weight excluding hydrogens is 542 g/mol. The first-order valence-corrected chi connectivity index (χ1v) is 14.6. The number of nitrogens with one attached hydrogen (secondary N) is 1. The van der Waals surface area contributed by atoms with Crippen LogP contribution < -0.4 is 11.1 Å². The smallest absolute Gasteiger partial charge is 0.406 e. The quantitative estimate of drug-likeness (QED) is 0.260. The molecule has 41 heavy (non-hydrogen) atoms. The number of carbonyl (C=O) groups is 2. The minimum atomic E-state index is -1.33. The molecule has 9 heteroatoms. The molecule has 0 radical (unpaired) electrons. The highest BCUT2D eigenvalue weighted by Crippen LogP contribution is 2.45. The molecule has 1 aromatic heterocycles. The van der Waals surface area contributed by atoms with Gasteiger partial charge in [0.25, 0.3) is 5.91 Å². The first kappa shape index (κ1) is 30.6. The Hall–Kier alpha value is -3.33. The molecule has 2 heterocycles. The summed E-state index contributed by atoms with van der Waals surface area (Å²) in [4.78, 5) is 26.9. The predicted octanol–water partition coefficient (Wildman–Crippen LogP) is 5.81. The van der Waals surface area contributed by atoms with Crippen LogP contribution in [-0.4, -0.2) is 48.8 Å². The van der Waals surface area contributed by atoms with Crippen LogP contribution in [0.4, 0.5) is 4.79 Å². The number of rotatable bonds is 10. The molecule has 1 aliphatic rings. The van der Waals surface area contributed by atoms with Gasteiger partial charge in [-0.1, -0.05) is 54.9 Å². The molecule has 2 amide bonds. The molecule has 2 atom stereocenters. The highest BCUT2D eigenvalue weighted by atomic mass is 35.5. The Labute approximate surface area is 246 Å². The molecule has 0 unspecified atom stereocenters. The molecule has 3 aromatic rings. The summed E-state index contributed by atoms with van der Waals surface area (Å²) >= 11 is 6.84. The van der Waals surface area contributed by atoms with E-state index >= 15 is 0 Å². The van der Waals surface area contributed by atoms with E-state index in [9.17, 15) is 14.7 Å². The lowest BCUT2D eigenvalue weighted by molar-refractivity contribution is -0.0566. The molecule has 0 aliphatic carbocycles. The Kier molecular flexibility index (Phi) is 10.1. The Morgan fingerprint density at radius 1 is 1.24 bits per heavy atom. The van der Waals surface area contributed by atoms with Gasteiger partial charge in [-0.15, -0.1) is 0 Å². The van der Waals surface area contributed by atoms with E-state index in [0.29, 0.717) is 49.8 Å². The van der Waals surface area contributed by atoms with Gasteiger partial charge < -0.3 is 30.2 Å². The summed E-state index contributed by atoms with van der Waals surface area (Å²) in [6.07, 6.45) is 2.64. The number of methoxy groups -OCH3 is 1. The van der Waals surface area contributed by atoms with Crippen molar-refractivity contribution < 1.29 is 23.8 Å². The van der Waals surface area contributed by atoms with Gasteiger partial charge >= 0.3 is 6.09 Å². The van der Waals surface area contributed by atoms with Crippen LogP contribution in [0, 0.1) is 12.8 Å². The van der Waals surface area contributed by atoms with E-state index in [-0.39, 0.29) is 17.6 Å². The number of likely N-dealkylation sites (tertiary alicyclic amines) is 1. The largest absolute Gasteiger partial charge is 0.456 e. The van der Waals surface area contributed by atoms with Crippen LogP contribution in [0.1, 0.15) is 65.6 Å². The second-order valence-corrected chi connectivity index (χ2v) is 11.1. The van der Waals surface area contributed by atoms with E-state index in [4.69, 9.17) is 26.5 Å². The van der Waals surface area contributed by atoms with Crippen molar-refractivity contribution in [2.75, 3.05) is 26.7 Å². The van der Waals surface area contributed by atoms with Crippen molar-refractivity contribution in [3.8, 4) is 11.1 Å². The maximum absolute atomic E-state index is 13.5. The number of hydrogen-bond donors (Lipinski definition) is 3. The number of halogens is 1. The van der Waals surface area contributed by atoms with Crippen molar-refractivity contribution in [3.63, 3.8) is 0 Å². The zero-order valence-electron chi connectivity index (χ0n) is 24.0. The summed E-state index contributed by atoms with van der Waals surface area (Å²) in [5.74, 6) is 0.398. The van der Waals surface area contributed by atoms with Crippen LogP contribution in [0.3, 0.4) is 0 Å². The first-order chi connectivity index (χ1) is 19.7. The average molecular weight is 582 g/mol. The molecule has 0 saturated carbocycles. The maximum atomic E-state index is 13.5. The molecule has 4 N–H and O–H groups in total. The average Bonchev–Trinajstić information content (AvgIpc) is 3.38. The number of carbonyl (C=O) groups excluding carboxylic acids is 2.